The number of aldehydes is 1. The van der Waals surface area contributed by atoms with Gasteiger partial charge in [0.15, 0.2) is 0 Å². The third-order valence-electron chi connectivity index (χ3n) is 2.50. The fourth-order valence-electron chi connectivity index (χ4n) is 1.60. The van der Waals surface area contributed by atoms with Crippen molar-refractivity contribution >= 4 is 6.29 Å². The van der Waals surface area contributed by atoms with Crippen molar-refractivity contribution in [3.05, 3.63) is 65.7 Å². The molecule has 0 radical (unpaired) electrons. The van der Waals surface area contributed by atoms with Gasteiger partial charge in [-0.05, 0) is 23.8 Å². The van der Waals surface area contributed by atoms with Crippen LogP contribution in [0.15, 0.2) is 54.6 Å². The van der Waals surface area contributed by atoms with Gasteiger partial charge in [-0.1, -0.05) is 48.2 Å². The van der Waals surface area contributed by atoms with E-state index in [-0.39, 0.29) is 6.42 Å². The molecule has 0 spiro atoms. The van der Waals surface area contributed by atoms with Crippen LogP contribution in [0.3, 0.4) is 0 Å². The summed E-state index contributed by atoms with van der Waals surface area (Å²) in [7, 11) is 0. The fourth-order valence-corrected chi connectivity index (χ4v) is 1.60. The van der Waals surface area contributed by atoms with Gasteiger partial charge in [-0.15, -0.1) is 0 Å². The van der Waals surface area contributed by atoms with E-state index < -0.39 is 0 Å². The molecule has 0 amide bonds. The predicted octanol–water partition coefficient (Wildman–Crippen LogP) is 3.21. The summed E-state index contributed by atoms with van der Waals surface area (Å²) in [4.78, 5) is 10.2. The molecular formula is C17H14O2. The maximum Gasteiger partial charge on any atom is 0.131 e. The van der Waals surface area contributed by atoms with Crippen LogP contribution in [-0.2, 0) is 11.4 Å². The molecule has 0 aliphatic heterocycles. The zero-order chi connectivity index (χ0) is 13.3. The van der Waals surface area contributed by atoms with Crippen LogP contribution in [0.4, 0.5) is 0 Å². The molecule has 0 atom stereocenters. The number of carbonyl (C=O) groups excluding carboxylic acids is 1. The SMILES string of the molecule is O=CCC#Cc1cccc(OCc2ccccc2)c1. The third-order valence-corrected chi connectivity index (χ3v) is 2.50. The van der Waals surface area contributed by atoms with Gasteiger partial charge in [0.05, 0.1) is 6.42 Å². The lowest BCUT2D eigenvalue weighted by Crippen LogP contribution is -1.95. The second-order valence-corrected chi connectivity index (χ2v) is 3.97. The van der Waals surface area contributed by atoms with Gasteiger partial charge in [0.2, 0.25) is 0 Å². The first-order valence-electron chi connectivity index (χ1n) is 6.08. The van der Waals surface area contributed by atoms with Crippen LogP contribution >= 0.6 is 0 Å². The highest BCUT2D eigenvalue weighted by Crippen LogP contribution is 2.14. The van der Waals surface area contributed by atoms with Gasteiger partial charge in [-0.25, -0.2) is 0 Å². The normalized spacial score (nSPS) is 9.26. The summed E-state index contributed by atoms with van der Waals surface area (Å²) in [6.45, 7) is 0.534. The monoisotopic (exact) mass is 250 g/mol. The van der Waals surface area contributed by atoms with Crippen LogP contribution < -0.4 is 4.74 Å². The zero-order valence-corrected chi connectivity index (χ0v) is 10.5. The van der Waals surface area contributed by atoms with Crippen LogP contribution in [0.2, 0.25) is 0 Å². The molecule has 0 fully saturated rings. The number of hydrogen-bond donors (Lipinski definition) is 0. The quantitative estimate of drug-likeness (QED) is 0.615. The predicted molar refractivity (Wildman–Crippen MR) is 74.8 cm³/mol. The van der Waals surface area contributed by atoms with E-state index in [2.05, 4.69) is 11.8 Å². The molecule has 94 valence electrons. The van der Waals surface area contributed by atoms with E-state index in [1.165, 1.54) is 0 Å². The second kappa shape index (κ2) is 7.03. The molecule has 2 rings (SSSR count). The summed E-state index contributed by atoms with van der Waals surface area (Å²) >= 11 is 0. The van der Waals surface area contributed by atoms with Crippen LogP contribution in [0, 0.1) is 11.8 Å². The van der Waals surface area contributed by atoms with E-state index in [0.717, 1.165) is 23.2 Å². The van der Waals surface area contributed by atoms with Crippen molar-refractivity contribution in [3.8, 4) is 17.6 Å². The Kier molecular flexibility index (Phi) is 4.78. The molecule has 2 nitrogen and oxygen atoms in total. The van der Waals surface area contributed by atoms with E-state index in [0.29, 0.717) is 6.61 Å². The minimum Gasteiger partial charge on any atom is -0.489 e. The molecular weight excluding hydrogens is 236 g/mol. The molecule has 2 heteroatoms. The highest BCUT2D eigenvalue weighted by Gasteiger charge is 1.96. The molecule has 0 aliphatic rings. The number of ether oxygens (including phenoxy) is 1. The second-order valence-electron chi connectivity index (χ2n) is 3.97. The molecule has 0 unspecified atom stereocenters. The summed E-state index contributed by atoms with van der Waals surface area (Å²) in [5.41, 5.74) is 1.98. The standard InChI is InChI=1S/C17H14O2/c18-12-5-4-7-15-10-6-11-17(13-15)19-14-16-8-2-1-3-9-16/h1-3,6,8-13H,5,14H2. The van der Waals surface area contributed by atoms with Crippen molar-refractivity contribution in [3.63, 3.8) is 0 Å². The summed E-state index contributed by atoms with van der Waals surface area (Å²) in [6.07, 6.45) is 1.05. The van der Waals surface area contributed by atoms with Crippen molar-refractivity contribution in [2.75, 3.05) is 0 Å². The lowest BCUT2D eigenvalue weighted by atomic mass is 10.2. The molecule has 2 aromatic rings. The van der Waals surface area contributed by atoms with Crippen LogP contribution in [0.1, 0.15) is 17.5 Å². The van der Waals surface area contributed by atoms with Crippen molar-refractivity contribution < 1.29 is 9.53 Å². The summed E-state index contributed by atoms with van der Waals surface area (Å²) in [5, 5.41) is 0. The average molecular weight is 250 g/mol. The molecule has 2 aromatic carbocycles. The molecule has 19 heavy (non-hydrogen) atoms. The van der Waals surface area contributed by atoms with Gasteiger partial charge in [0.1, 0.15) is 18.6 Å². The Morgan fingerprint density at radius 2 is 1.89 bits per heavy atom. The molecule has 0 heterocycles. The number of benzene rings is 2. The van der Waals surface area contributed by atoms with Crippen molar-refractivity contribution in [2.45, 2.75) is 13.0 Å². The van der Waals surface area contributed by atoms with Gasteiger partial charge >= 0.3 is 0 Å². The average Bonchev–Trinajstić information content (AvgIpc) is 2.47. The van der Waals surface area contributed by atoms with E-state index in [1.807, 2.05) is 54.6 Å². The van der Waals surface area contributed by atoms with Crippen molar-refractivity contribution in [1.82, 2.24) is 0 Å². The Morgan fingerprint density at radius 3 is 2.68 bits per heavy atom. The van der Waals surface area contributed by atoms with Crippen LogP contribution in [-0.4, -0.2) is 6.29 Å². The van der Waals surface area contributed by atoms with Gasteiger partial charge in [0.25, 0.3) is 0 Å². The van der Waals surface area contributed by atoms with Gasteiger partial charge in [0, 0.05) is 5.56 Å². The lowest BCUT2D eigenvalue weighted by Gasteiger charge is -2.06. The molecule has 0 aromatic heterocycles. The van der Waals surface area contributed by atoms with Crippen molar-refractivity contribution in [2.24, 2.45) is 0 Å². The Bertz CT molecular complexity index is 591. The maximum absolute atomic E-state index is 10.2. The Morgan fingerprint density at radius 1 is 1.05 bits per heavy atom. The first-order valence-corrected chi connectivity index (χ1v) is 6.08. The largest absolute Gasteiger partial charge is 0.489 e. The Balaban J connectivity index is 2.00. The van der Waals surface area contributed by atoms with Gasteiger partial charge in [-0.2, -0.15) is 0 Å². The topological polar surface area (TPSA) is 26.3 Å². The highest BCUT2D eigenvalue weighted by atomic mass is 16.5. The fraction of sp³-hybridized carbons (Fsp3) is 0.118. The number of carbonyl (C=O) groups is 1. The number of hydrogen-bond acceptors (Lipinski definition) is 2. The van der Waals surface area contributed by atoms with Gasteiger partial charge < -0.3 is 9.53 Å². The van der Waals surface area contributed by atoms with Crippen LogP contribution in [0.25, 0.3) is 0 Å². The van der Waals surface area contributed by atoms with Gasteiger partial charge in [-0.3, -0.25) is 0 Å². The number of rotatable bonds is 4. The van der Waals surface area contributed by atoms with Crippen LogP contribution in [0.5, 0.6) is 5.75 Å². The maximum atomic E-state index is 10.2. The van der Waals surface area contributed by atoms with E-state index in [4.69, 9.17) is 4.74 Å². The smallest absolute Gasteiger partial charge is 0.131 e. The molecule has 0 saturated carbocycles. The highest BCUT2D eigenvalue weighted by molar-refractivity contribution is 5.55. The zero-order valence-electron chi connectivity index (χ0n) is 10.5. The first-order chi connectivity index (χ1) is 9.38. The lowest BCUT2D eigenvalue weighted by molar-refractivity contribution is -0.107. The van der Waals surface area contributed by atoms with E-state index >= 15 is 0 Å². The molecule has 0 N–H and O–H groups in total. The Hall–Kier alpha value is -2.53. The summed E-state index contributed by atoms with van der Waals surface area (Å²) in [6, 6.07) is 17.6. The molecule has 0 saturated heterocycles. The Labute approximate surface area is 113 Å². The summed E-state index contributed by atoms with van der Waals surface area (Å²) < 4.78 is 5.70. The first kappa shape index (κ1) is 12.9. The van der Waals surface area contributed by atoms with Crippen molar-refractivity contribution in [1.29, 1.82) is 0 Å². The molecule has 0 aliphatic carbocycles. The third kappa shape index (κ3) is 4.33. The van der Waals surface area contributed by atoms with E-state index in [1.54, 1.807) is 0 Å². The molecule has 0 bridgehead atoms. The summed E-state index contributed by atoms with van der Waals surface area (Å²) in [5.74, 6) is 6.48. The minimum atomic E-state index is 0.259. The minimum absolute atomic E-state index is 0.259. The van der Waals surface area contributed by atoms with E-state index in [9.17, 15) is 4.79 Å².